The van der Waals surface area contributed by atoms with Gasteiger partial charge in [0.1, 0.15) is 5.69 Å². The van der Waals surface area contributed by atoms with Crippen LogP contribution in [0.15, 0.2) is 18.2 Å². The monoisotopic (exact) mass is 181 g/mol. The van der Waals surface area contributed by atoms with E-state index < -0.39 is 5.97 Å². The van der Waals surface area contributed by atoms with Crippen LogP contribution in [0.1, 0.15) is 23.1 Å². The van der Waals surface area contributed by atoms with Gasteiger partial charge in [0.05, 0.1) is 12.3 Å². The molecule has 1 aromatic heterocycles. The second kappa shape index (κ2) is 4.57. The second-order valence-corrected chi connectivity index (χ2v) is 2.46. The first kappa shape index (κ1) is 9.67. The van der Waals surface area contributed by atoms with E-state index in [2.05, 4.69) is 4.98 Å². The summed E-state index contributed by atoms with van der Waals surface area (Å²) in [4.78, 5) is 14.4. The Labute approximate surface area is 76.2 Å². The van der Waals surface area contributed by atoms with Crippen LogP contribution in [0.25, 0.3) is 0 Å². The minimum atomic E-state index is -1.02. The SMILES string of the molecule is CCOCc1cccc(C(=O)O)n1. The van der Waals surface area contributed by atoms with Crippen molar-refractivity contribution in [3.8, 4) is 0 Å². The first-order valence-electron chi connectivity index (χ1n) is 4.01. The molecule has 1 heterocycles. The zero-order valence-electron chi connectivity index (χ0n) is 7.36. The molecule has 0 atom stereocenters. The van der Waals surface area contributed by atoms with E-state index in [1.165, 1.54) is 6.07 Å². The van der Waals surface area contributed by atoms with E-state index in [-0.39, 0.29) is 5.69 Å². The maximum Gasteiger partial charge on any atom is 0.354 e. The number of hydrogen-bond acceptors (Lipinski definition) is 3. The lowest BCUT2D eigenvalue weighted by Crippen LogP contribution is -2.03. The summed E-state index contributed by atoms with van der Waals surface area (Å²) in [7, 11) is 0. The Hall–Kier alpha value is -1.42. The third-order valence-electron chi connectivity index (χ3n) is 1.48. The van der Waals surface area contributed by atoms with E-state index in [0.29, 0.717) is 18.9 Å². The highest BCUT2D eigenvalue weighted by molar-refractivity contribution is 5.85. The molecule has 4 nitrogen and oxygen atoms in total. The fourth-order valence-electron chi connectivity index (χ4n) is 0.886. The molecule has 0 aliphatic heterocycles. The van der Waals surface area contributed by atoms with Crippen molar-refractivity contribution < 1.29 is 14.6 Å². The first-order chi connectivity index (χ1) is 6.24. The third-order valence-corrected chi connectivity index (χ3v) is 1.48. The van der Waals surface area contributed by atoms with Crippen LogP contribution in [0.5, 0.6) is 0 Å². The zero-order valence-corrected chi connectivity index (χ0v) is 7.36. The summed E-state index contributed by atoms with van der Waals surface area (Å²) in [6, 6.07) is 4.85. The number of rotatable bonds is 4. The average molecular weight is 181 g/mol. The van der Waals surface area contributed by atoms with Crippen molar-refractivity contribution in [2.24, 2.45) is 0 Å². The molecule has 1 rings (SSSR count). The van der Waals surface area contributed by atoms with Crippen LogP contribution < -0.4 is 0 Å². The molecule has 0 radical (unpaired) electrons. The Balaban J connectivity index is 2.73. The average Bonchev–Trinajstić information content (AvgIpc) is 2.15. The van der Waals surface area contributed by atoms with Gasteiger partial charge in [0.15, 0.2) is 0 Å². The number of aromatic nitrogens is 1. The van der Waals surface area contributed by atoms with Crippen LogP contribution in [0.3, 0.4) is 0 Å². The quantitative estimate of drug-likeness (QED) is 0.760. The van der Waals surface area contributed by atoms with Gasteiger partial charge in [-0.25, -0.2) is 9.78 Å². The normalized spacial score (nSPS) is 9.92. The van der Waals surface area contributed by atoms with Crippen LogP contribution in [-0.4, -0.2) is 22.7 Å². The summed E-state index contributed by atoms with van der Waals surface area (Å²) < 4.78 is 5.10. The molecule has 0 saturated heterocycles. The Morgan fingerprint density at radius 3 is 3.00 bits per heavy atom. The molecule has 0 saturated carbocycles. The number of carbonyl (C=O) groups is 1. The molecule has 1 N–H and O–H groups in total. The van der Waals surface area contributed by atoms with E-state index in [4.69, 9.17) is 9.84 Å². The molecule has 0 aliphatic rings. The number of aromatic carboxylic acids is 1. The fraction of sp³-hybridized carbons (Fsp3) is 0.333. The Morgan fingerprint density at radius 2 is 2.38 bits per heavy atom. The first-order valence-corrected chi connectivity index (χ1v) is 4.01. The highest BCUT2D eigenvalue weighted by Gasteiger charge is 2.04. The number of hydrogen-bond donors (Lipinski definition) is 1. The summed E-state index contributed by atoms with van der Waals surface area (Å²) in [6.45, 7) is 2.83. The van der Waals surface area contributed by atoms with Crippen molar-refractivity contribution in [1.82, 2.24) is 4.98 Å². The topological polar surface area (TPSA) is 59.4 Å². The number of carboxylic acids is 1. The minimum Gasteiger partial charge on any atom is -0.477 e. The van der Waals surface area contributed by atoms with Crippen molar-refractivity contribution in [2.45, 2.75) is 13.5 Å². The molecular formula is C9H11NO3. The van der Waals surface area contributed by atoms with Crippen molar-refractivity contribution in [3.05, 3.63) is 29.6 Å². The predicted octanol–water partition coefficient (Wildman–Crippen LogP) is 1.32. The number of ether oxygens (including phenoxy) is 1. The van der Waals surface area contributed by atoms with E-state index in [9.17, 15) is 4.79 Å². The van der Waals surface area contributed by atoms with Gasteiger partial charge >= 0.3 is 5.97 Å². The highest BCUT2D eigenvalue weighted by atomic mass is 16.5. The van der Waals surface area contributed by atoms with Gasteiger partial charge in [-0.2, -0.15) is 0 Å². The van der Waals surface area contributed by atoms with Crippen LogP contribution in [0.4, 0.5) is 0 Å². The van der Waals surface area contributed by atoms with Crippen molar-refractivity contribution >= 4 is 5.97 Å². The van der Waals surface area contributed by atoms with Crippen molar-refractivity contribution in [2.75, 3.05) is 6.61 Å². The molecular weight excluding hydrogens is 170 g/mol. The number of carboxylic acid groups (broad SMARTS) is 1. The predicted molar refractivity (Wildman–Crippen MR) is 46.5 cm³/mol. The molecule has 13 heavy (non-hydrogen) atoms. The summed E-state index contributed by atoms with van der Waals surface area (Å²) in [5.41, 5.74) is 0.693. The Morgan fingerprint density at radius 1 is 1.62 bits per heavy atom. The van der Waals surface area contributed by atoms with Crippen LogP contribution >= 0.6 is 0 Å². The molecule has 0 bridgehead atoms. The van der Waals surface area contributed by atoms with Crippen LogP contribution in [-0.2, 0) is 11.3 Å². The number of pyridine rings is 1. The third kappa shape index (κ3) is 2.83. The molecule has 70 valence electrons. The molecule has 0 aliphatic carbocycles. The van der Waals surface area contributed by atoms with Crippen LogP contribution in [0, 0.1) is 0 Å². The minimum absolute atomic E-state index is 0.0530. The summed E-state index contributed by atoms with van der Waals surface area (Å²) in [5, 5.41) is 8.63. The van der Waals surface area contributed by atoms with Crippen molar-refractivity contribution in [1.29, 1.82) is 0 Å². The molecule has 1 aromatic rings. The molecule has 0 unspecified atom stereocenters. The zero-order chi connectivity index (χ0) is 9.68. The smallest absolute Gasteiger partial charge is 0.354 e. The van der Waals surface area contributed by atoms with E-state index in [1.54, 1.807) is 12.1 Å². The van der Waals surface area contributed by atoms with Gasteiger partial charge in [-0.15, -0.1) is 0 Å². The molecule has 0 aromatic carbocycles. The number of nitrogens with zero attached hydrogens (tertiary/aromatic N) is 1. The van der Waals surface area contributed by atoms with E-state index in [0.717, 1.165) is 0 Å². The van der Waals surface area contributed by atoms with Gasteiger partial charge < -0.3 is 9.84 Å². The molecule has 0 amide bonds. The lowest BCUT2D eigenvalue weighted by atomic mass is 10.3. The molecule has 0 spiro atoms. The Kier molecular flexibility index (Phi) is 3.40. The second-order valence-electron chi connectivity index (χ2n) is 2.46. The largest absolute Gasteiger partial charge is 0.477 e. The fourth-order valence-corrected chi connectivity index (χ4v) is 0.886. The van der Waals surface area contributed by atoms with Crippen LogP contribution in [0.2, 0.25) is 0 Å². The van der Waals surface area contributed by atoms with E-state index in [1.807, 2.05) is 6.92 Å². The summed E-state index contributed by atoms with van der Waals surface area (Å²) >= 11 is 0. The molecule has 4 heteroatoms. The maximum absolute atomic E-state index is 10.5. The van der Waals surface area contributed by atoms with E-state index >= 15 is 0 Å². The lowest BCUT2D eigenvalue weighted by Gasteiger charge is -2.01. The summed E-state index contributed by atoms with van der Waals surface area (Å²) in [5.74, 6) is -1.02. The Bertz CT molecular complexity index is 299. The van der Waals surface area contributed by atoms with Crippen molar-refractivity contribution in [3.63, 3.8) is 0 Å². The lowest BCUT2D eigenvalue weighted by molar-refractivity contribution is 0.0689. The van der Waals surface area contributed by atoms with Gasteiger partial charge in [-0.1, -0.05) is 6.07 Å². The van der Waals surface area contributed by atoms with Gasteiger partial charge in [-0.05, 0) is 19.1 Å². The maximum atomic E-state index is 10.5. The highest BCUT2D eigenvalue weighted by Crippen LogP contribution is 2.00. The van der Waals surface area contributed by atoms with Gasteiger partial charge in [0.25, 0.3) is 0 Å². The van der Waals surface area contributed by atoms with Gasteiger partial charge in [0, 0.05) is 6.61 Å². The summed E-state index contributed by atoms with van der Waals surface area (Å²) in [6.07, 6.45) is 0. The van der Waals surface area contributed by atoms with Gasteiger partial charge in [0.2, 0.25) is 0 Å². The van der Waals surface area contributed by atoms with Gasteiger partial charge in [-0.3, -0.25) is 0 Å². The molecule has 0 fully saturated rings. The standard InChI is InChI=1S/C9H11NO3/c1-2-13-6-7-4-3-5-8(10-7)9(11)12/h3-5H,2,6H2,1H3,(H,11,12).